The minimum atomic E-state index is -3.72. The fraction of sp³-hybridized carbons (Fsp3) is 0.280. The summed E-state index contributed by atoms with van der Waals surface area (Å²) in [7, 11) is -2.16. The first-order valence-corrected chi connectivity index (χ1v) is 12.6. The van der Waals surface area contributed by atoms with Gasteiger partial charge in [-0.2, -0.15) is 4.31 Å². The molecule has 0 radical (unpaired) electrons. The summed E-state index contributed by atoms with van der Waals surface area (Å²) in [5.41, 5.74) is 1.28. The van der Waals surface area contributed by atoms with Gasteiger partial charge in [0, 0.05) is 29.9 Å². The van der Waals surface area contributed by atoms with E-state index in [2.05, 4.69) is 4.98 Å². The van der Waals surface area contributed by atoms with Crippen LogP contribution in [0.2, 0.25) is 0 Å². The number of rotatable bonds is 5. The van der Waals surface area contributed by atoms with Crippen LogP contribution in [0.3, 0.4) is 0 Å². The number of fused-ring (bicyclic) bond motifs is 2. The molecule has 1 aliphatic rings. The number of methoxy groups -OCH3 is 1. The summed E-state index contributed by atoms with van der Waals surface area (Å²) in [5, 5.41) is 11.0. The van der Waals surface area contributed by atoms with E-state index in [-0.39, 0.29) is 15.8 Å². The number of carboxylic acid groups (broad SMARTS) is 1. The third kappa shape index (κ3) is 4.01. The lowest BCUT2D eigenvalue weighted by atomic mass is 10.1. The Morgan fingerprint density at radius 3 is 2.50 bits per heavy atom. The van der Waals surface area contributed by atoms with Gasteiger partial charge in [0.1, 0.15) is 17.0 Å². The topological polar surface area (TPSA) is 110 Å². The van der Waals surface area contributed by atoms with Crippen LogP contribution in [0.1, 0.15) is 36.0 Å². The summed E-state index contributed by atoms with van der Waals surface area (Å²) >= 11 is 0. The average Bonchev–Trinajstić information content (AvgIpc) is 3.06. The van der Waals surface area contributed by atoms with Crippen LogP contribution in [-0.2, 0) is 10.0 Å². The summed E-state index contributed by atoms with van der Waals surface area (Å²) in [6, 6.07) is 13.1. The molecule has 1 N–H and O–H groups in total. The van der Waals surface area contributed by atoms with Crippen molar-refractivity contribution in [1.82, 2.24) is 9.29 Å². The summed E-state index contributed by atoms with van der Waals surface area (Å²) in [6.07, 6.45) is 3.66. The third-order valence-electron chi connectivity index (χ3n) is 6.19. The van der Waals surface area contributed by atoms with Gasteiger partial charge in [-0.25, -0.2) is 18.2 Å². The SMILES string of the molecule is COc1ccc2cc(-c3cc(C(=O)O)c4cc(S(=O)(=O)N5CCCCCC5)ccc4n3)oc2c1. The van der Waals surface area contributed by atoms with Gasteiger partial charge in [-0.15, -0.1) is 0 Å². The summed E-state index contributed by atoms with van der Waals surface area (Å²) in [5.74, 6) is -0.117. The van der Waals surface area contributed by atoms with Crippen LogP contribution in [0.15, 0.2) is 57.8 Å². The monoisotopic (exact) mass is 480 g/mol. The predicted octanol–water partition coefficient (Wildman–Crippen LogP) is 4.92. The van der Waals surface area contributed by atoms with E-state index >= 15 is 0 Å². The fourth-order valence-electron chi connectivity index (χ4n) is 4.36. The van der Waals surface area contributed by atoms with E-state index in [4.69, 9.17) is 9.15 Å². The highest BCUT2D eigenvalue weighted by molar-refractivity contribution is 7.89. The van der Waals surface area contributed by atoms with Crippen LogP contribution in [0, 0.1) is 0 Å². The number of nitrogens with zero attached hydrogens (tertiary/aromatic N) is 2. The van der Waals surface area contributed by atoms with Crippen LogP contribution in [-0.4, -0.2) is 49.0 Å². The van der Waals surface area contributed by atoms with E-state index in [1.54, 1.807) is 25.3 Å². The Bertz CT molecular complexity index is 1500. The molecule has 5 rings (SSSR count). The Morgan fingerprint density at radius 1 is 1.03 bits per heavy atom. The zero-order chi connectivity index (χ0) is 23.9. The number of carboxylic acids is 1. The summed E-state index contributed by atoms with van der Waals surface area (Å²) in [6.45, 7) is 0.945. The molecular weight excluding hydrogens is 456 g/mol. The van der Waals surface area contributed by atoms with Crippen LogP contribution in [0.5, 0.6) is 5.75 Å². The summed E-state index contributed by atoms with van der Waals surface area (Å²) in [4.78, 5) is 16.8. The van der Waals surface area contributed by atoms with Crippen molar-refractivity contribution >= 4 is 37.9 Å². The third-order valence-corrected chi connectivity index (χ3v) is 8.09. The van der Waals surface area contributed by atoms with Crippen molar-refractivity contribution < 1.29 is 27.5 Å². The maximum absolute atomic E-state index is 13.2. The minimum Gasteiger partial charge on any atom is -0.497 e. The van der Waals surface area contributed by atoms with Crippen LogP contribution in [0.4, 0.5) is 0 Å². The number of pyridine rings is 1. The molecule has 0 saturated carbocycles. The number of aromatic nitrogens is 1. The molecule has 0 unspecified atom stereocenters. The van der Waals surface area contributed by atoms with Crippen molar-refractivity contribution in [3.63, 3.8) is 0 Å². The smallest absolute Gasteiger partial charge is 0.336 e. The van der Waals surface area contributed by atoms with Gasteiger partial charge in [-0.1, -0.05) is 12.8 Å². The number of hydrogen-bond acceptors (Lipinski definition) is 6. The molecule has 0 aliphatic carbocycles. The molecule has 2 aromatic carbocycles. The second-order valence-electron chi connectivity index (χ2n) is 8.37. The van der Waals surface area contributed by atoms with Gasteiger partial charge in [0.2, 0.25) is 10.0 Å². The summed E-state index contributed by atoms with van der Waals surface area (Å²) < 4.78 is 39.1. The van der Waals surface area contributed by atoms with E-state index in [0.29, 0.717) is 41.4 Å². The van der Waals surface area contributed by atoms with Crippen molar-refractivity contribution in [2.75, 3.05) is 20.2 Å². The molecule has 0 amide bonds. The molecule has 9 heteroatoms. The molecule has 0 spiro atoms. The second-order valence-corrected chi connectivity index (χ2v) is 10.3. The molecule has 0 bridgehead atoms. The molecule has 1 saturated heterocycles. The van der Waals surface area contributed by atoms with Crippen LogP contribution >= 0.6 is 0 Å². The fourth-order valence-corrected chi connectivity index (χ4v) is 5.91. The maximum atomic E-state index is 13.2. The lowest BCUT2D eigenvalue weighted by molar-refractivity contribution is 0.0699. The van der Waals surface area contributed by atoms with E-state index in [1.807, 2.05) is 12.1 Å². The quantitative estimate of drug-likeness (QED) is 0.432. The van der Waals surface area contributed by atoms with E-state index in [0.717, 1.165) is 31.1 Å². The highest BCUT2D eigenvalue weighted by Gasteiger charge is 2.26. The van der Waals surface area contributed by atoms with Gasteiger partial charge < -0.3 is 14.3 Å². The first-order chi connectivity index (χ1) is 16.4. The zero-order valence-electron chi connectivity index (χ0n) is 18.7. The largest absolute Gasteiger partial charge is 0.497 e. The first-order valence-electron chi connectivity index (χ1n) is 11.1. The highest BCUT2D eigenvalue weighted by Crippen LogP contribution is 2.33. The Labute approximate surface area is 196 Å². The molecule has 1 fully saturated rings. The lowest BCUT2D eigenvalue weighted by Gasteiger charge is -2.20. The predicted molar refractivity (Wildman–Crippen MR) is 128 cm³/mol. The molecule has 0 atom stereocenters. The molecule has 8 nitrogen and oxygen atoms in total. The van der Waals surface area contributed by atoms with Crippen molar-refractivity contribution in [2.24, 2.45) is 0 Å². The Kier molecular flexibility index (Phi) is 5.75. The van der Waals surface area contributed by atoms with Crippen molar-refractivity contribution in [2.45, 2.75) is 30.6 Å². The molecule has 176 valence electrons. The minimum absolute atomic E-state index is 0.0362. The van der Waals surface area contributed by atoms with E-state index < -0.39 is 16.0 Å². The number of furan rings is 1. The molecule has 2 aromatic heterocycles. The number of ether oxygens (including phenoxy) is 1. The van der Waals surface area contributed by atoms with Crippen molar-refractivity contribution in [3.8, 4) is 17.2 Å². The van der Waals surface area contributed by atoms with Crippen molar-refractivity contribution in [3.05, 3.63) is 54.1 Å². The van der Waals surface area contributed by atoms with E-state index in [9.17, 15) is 18.3 Å². The van der Waals surface area contributed by atoms with E-state index in [1.165, 1.54) is 22.5 Å². The Morgan fingerprint density at radius 2 is 1.79 bits per heavy atom. The highest BCUT2D eigenvalue weighted by atomic mass is 32.2. The molecule has 4 aromatic rings. The van der Waals surface area contributed by atoms with Gasteiger partial charge in [0.15, 0.2) is 5.76 Å². The lowest BCUT2D eigenvalue weighted by Crippen LogP contribution is -2.31. The Hall–Kier alpha value is -3.43. The molecule has 3 heterocycles. The average molecular weight is 481 g/mol. The zero-order valence-corrected chi connectivity index (χ0v) is 19.5. The normalized spacial score (nSPS) is 15.4. The molecule has 1 aliphatic heterocycles. The van der Waals surface area contributed by atoms with Crippen LogP contribution in [0.25, 0.3) is 33.3 Å². The van der Waals surface area contributed by atoms with Gasteiger partial charge >= 0.3 is 5.97 Å². The van der Waals surface area contributed by atoms with Gasteiger partial charge in [0.25, 0.3) is 0 Å². The number of sulfonamides is 1. The number of hydrogen-bond donors (Lipinski definition) is 1. The maximum Gasteiger partial charge on any atom is 0.336 e. The van der Waals surface area contributed by atoms with Crippen LogP contribution < -0.4 is 4.74 Å². The number of aromatic carboxylic acids is 1. The number of carbonyl (C=O) groups is 1. The first kappa shape index (κ1) is 22.4. The Balaban J connectivity index is 1.60. The molecule has 34 heavy (non-hydrogen) atoms. The van der Waals surface area contributed by atoms with Gasteiger partial charge in [-0.05, 0) is 55.3 Å². The van der Waals surface area contributed by atoms with Gasteiger partial charge in [-0.3, -0.25) is 0 Å². The molecular formula is C25H24N2O6S. The number of benzene rings is 2. The standard InChI is InChI=1S/C25H24N2O6S/c1-32-17-7-6-16-12-24(33-23(16)13-17)22-15-20(25(28)29)19-14-18(8-9-21(19)26-22)34(30,31)27-10-4-2-3-5-11-27/h6-9,12-15H,2-5,10-11H2,1H3,(H,28,29). The second kappa shape index (κ2) is 8.73. The van der Waals surface area contributed by atoms with Crippen molar-refractivity contribution in [1.29, 1.82) is 0 Å². The van der Waals surface area contributed by atoms with Gasteiger partial charge in [0.05, 0.1) is 23.1 Å².